The Balaban J connectivity index is 2.23. The fourth-order valence-electron chi connectivity index (χ4n) is 2.43. The van der Waals surface area contributed by atoms with Gasteiger partial charge in [-0.3, -0.25) is 4.79 Å². The molecule has 3 unspecified atom stereocenters. The summed E-state index contributed by atoms with van der Waals surface area (Å²) in [5.41, 5.74) is 1.36. The maximum Gasteiger partial charge on any atom is 0.311 e. The molecule has 0 aliphatic heterocycles. The summed E-state index contributed by atoms with van der Waals surface area (Å²) < 4.78 is 4.93. The molecule has 0 saturated carbocycles. The normalized spacial score (nSPS) is 15.2. The van der Waals surface area contributed by atoms with Crippen LogP contribution in [0.25, 0.3) is 0 Å². The summed E-state index contributed by atoms with van der Waals surface area (Å²) in [5.74, 6) is -0.204. The van der Waals surface area contributed by atoms with Gasteiger partial charge < -0.3 is 9.84 Å². The molecule has 3 heteroatoms. The van der Waals surface area contributed by atoms with Crippen molar-refractivity contribution in [2.45, 2.75) is 58.5 Å². The van der Waals surface area contributed by atoms with Crippen molar-refractivity contribution in [3.8, 4) is 0 Å². The minimum atomic E-state index is -0.601. The Morgan fingerprint density at radius 1 is 1.14 bits per heavy atom. The van der Waals surface area contributed by atoms with Crippen molar-refractivity contribution < 1.29 is 14.6 Å². The van der Waals surface area contributed by atoms with Gasteiger partial charge >= 0.3 is 5.97 Å². The predicted molar refractivity (Wildman–Crippen MR) is 85.1 cm³/mol. The lowest BCUT2D eigenvalue weighted by atomic mass is 9.93. The summed E-state index contributed by atoms with van der Waals surface area (Å²) in [5, 5.41) is 10.00. The molecule has 0 fully saturated rings. The van der Waals surface area contributed by atoms with Crippen molar-refractivity contribution in [2.24, 2.45) is 5.92 Å². The Morgan fingerprint density at radius 3 is 2.38 bits per heavy atom. The Bertz CT molecular complexity index is 402. The van der Waals surface area contributed by atoms with E-state index in [9.17, 15) is 9.90 Å². The third-order valence-electron chi connectivity index (χ3n) is 3.99. The van der Waals surface area contributed by atoms with E-state index in [1.165, 1.54) is 5.56 Å². The van der Waals surface area contributed by atoms with Gasteiger partial charge in [-0.1, -0.05) is 50.1 Å². The van der Waals surface area contributed by atoms with Crippen LogP contribution in [0.1, 0.15) is 57.9 Å². The minimum absolute atomic E-state index is 0.303. The standard InChI is InChI=1S/C18H28O3/c1-4-21-18(20)15(3)17(19)13-9-8-10-14(2)16-11-6-5-7-12-16/h5-7,11-12,14-15,17,19H,4,8-10,13H2,1-3H3. The first kappa shape index (κ1) is 17.7. The van der Waals surface area contributed by atoms with Gasteiger partial charge in [0.1, 0.15) is 0 Å². The van der Waals surface area contributed by atoms with E-state index in [-0.39, 0.29) is 5.97 Å². The molecule has 0 radical (unpaired) electrons. The van der Waals surface area contributed by atoms with Crippen LogP contribution in [0.15, 0.2) is 30.3 Å². The Morgan fingerprint density at radius 2 is 1.76 bits per heavy atom. The fraction of sp³-hybridized carbons (Fsp3) is 0.611. The molecule has 0 aromatic heterocycles. The summed E-state index contributed by atoms with van der Waals surface area (Å²) in [6.45, 7) is 6.11. The number of carbonyl (C=O) groups excluding carboxylic acids is 1. The van der Waals surface area contributed by atoms with Crippen LogP contribution >= 0.6 is 0 Å². The van der Waals surface area contributed by atoms with Crippen molar-refractivity contribution in [3.05, 3.63) is 35.9 Å². The average molecular weight is 292 g/mol. The first-order valence-electron chi connectivity index (χ1n) is 7.95. The second-order valence-electron chi connectivity index (χ2n) is 5.70. The highest BCUT2D eigenvalue weighted by atomic mass is 16.5. The highest BCUT2D eigenvalue weighted by Gasteiger charge is 2.22. The quantitative estimate of drug-likeness (QED) is 0.554. The van der Waals surface area contributed by atoms with Crippen molar-refractivity contribution >= 4 is 5.97 Å². The van der Waals surface area contributed by atoms with E-state index < -0.39 is 12.0 Å². The zero-order chi connectivity index (χ0) is 15.7. The van der Waals surface area contributed by atoms with Crippen molar-refractivity contribution in [1.82, 2.24) is 0 Å². The Labute approximate surface area is 128 Å². The minimum Gasteiger partial charge on any atom is -0.466 e. The predicted octanol–water partition coefficient (Wildman–Crippen LogP) is 3.91. The molecule has 1 aromatic rings. The number of ether oxygens (including phenoxy) is 1. The number of rotatable bonds is 9. The summed E-state index contributed by atoms with van der Waals surface area (Å²) in [6, 6.07) is 10.5. The van der Waals surface area contributed by atoms with Gasteiger partial charge in [-0.15, -0.1) is 0 Å². The van der Waals surface area contributed by atoms with Gasteiger partial charge in [0, 0.05) is 0 Å². The van der Waals surface area contributed by atoms with Gasteiger partial charge in [-0.05, 0) is 38.2 Å². The fourth-order valence-corrected chi connectivity index (χ4v) is 2.43. The maximum atomic E-state index is 11.5. The monoisotopic (exact) mass is 292 g/mol. The molecule has 0 amide bonds. The zero-order valence-electron chi connectivity index (χ0n) is 13.4. The largest absolute Gasteiger partial charge is 0.466 e. The number of aliphatic hydroxyl groups is 1. The van der Waals surface area contributed by atoms with Crippen LogP contribution in [0.4, 0.5) is 0 Å². The second kappa shape index (κ2) is 9.56. The number of carbonyl (C=O) groups is 1. The molecule has 0 heterocycles. The van der Waals surface area contributed by atoms with E-state index in [0.717, 1.165) is 19.3 Å². The number of hydrogen-bond donors (Lipinski definition) is 1. The lowest BCUT2D eigenvalue weighted by Gasteiger charge is -2.17. The summed E-state index contributed by atoms with van der Waals surface area (Å²) >= 11 is 0. The molecule has 118 valence electrons. The second-order valence-corrected chi connectivity index (χ2v) is 5.70. The molecule has 0 spiro atoms. The molecule has 0 saturated heterocycles. The maximum absolute atomic E-state index is 11.5. The number of esters is 1. The SMILES string of the molecule is CCOC(=O)C(C)C(O)CCCCC(C)c1ccccc1. The number of benzene rings is 1. The summed E-state index contributed by atoms with van der Waals surface area (Å²) in [4.78, 5) is 11.5. The molecule has 0 aliphatic rings. The van der Waals surface area contributed by atoms with E-state index in [2.05, 4.69) is 31.2 Å². The van der Waals surface area contributed by atoms with Gasteiger partial charge in [0.25, 0.3) is 0 Å². The van der Waals surface area contributed by atoms with E-state index in [4.69, 9.17) is 4.74 Å². The van der Waals surface area contributed by atoms with Gasteiger partial charge in [-0.25, -0.2) is 0 Å². The summed E-state index contributed by atoms with van der Waals surface area (Å²) in [6.07, 6.45) is 3.15. The van der Waals surface area contributed by atoms with E-state index in [1.54, 1.807) is 13.8 Å². The molecule has 1 N–H and O–H groups in total. The van der Waals surface area contributed by atoms with Crippen LogP contribution in [0.3, 0.4) is 0 Å². The van der Waals surface area contributed by atoms with Gasteiger partial charge in [-0.2, -0.15) is 0 Å². The third-order valence-corrected chi connectivity index (χ3v) is 3.99. The van der Waals surface area contributed by atoms with Crippen LogP contribution in [0.2, 0.25) is 0 Å². The van der Waals surface area contributed by atoms with Crippen molar-refractivity contribution in [1.29, 1.82) is 0 Å². The number of unbranched alkanes of at least 4 members (excludes halogenated alkanes) is 1. The van der Waals surface area contributed by atoms with Gasteiger partial charge in [0.2, 0.25) is 0 Å². The molecule has 21 heavy (non-hydrogen) atoms. The topological polar surface area (TPSA) is 46.5 Å². The third kappa shape index (κ3) is 6.30. The van der Waals surface area contributed by atoms with Crippen LogP contribution in [0.5, 0.6) is 0 Å². The molecule has 1 rings (SSSR count). The van der Waals surface area contributed by atoms with E-state index in [0.29, 0.717) is 18.9 Å². The molecular formula is C18H28O3. The number of hydrogen-bond acceptors (Lipinski definition) is 3. The first-order chi connectivity index (χ1) is 10.1. The smallest absolute Gasteiger partial charge is 0.311 e. The highest BCUT2D eigenvalue weighted by molar-refractivity contribution is 5.72. The molecule has 1 aromatic carbocycles. The van der Waals surface area contributed by atoms with Crippen LogP contribution in [-0.2, 0) is 9.53 Å². The van der Waals surface area contributed by atoms with Gasteiger partial charge in [0.05, 0.1) is 18.6 Å². The van der Waals surface area contributed by atoms with Crippen LogP contribution in [-0.4, -0.2) is 23.8 Å². The average Bonchev–Trinajstić information content (AvgIpc) is 2.51. The van der Waals surface area contributed by atoms with Crippen molar-refractivity contribution in [3.63, 3.8) is 0 Å². The van der Waals surface area contributed by atoms with Crippen LogP contribution in [0, 0.1) is 5.92 Å². The molecule has 3 nitrogen and oxygen atoms in total. The lowest BCUT2D eigenvalue weighted by Crippen LogP contribution is -2.27. The Kier molecular flexibility index (Phi) is 8.06. The highest BCUT2D eigenvalue weighted by Crippen LogP contribution is 2.22. The molecule has 0 bridgehead atoms. The summed E-state index contributed by atoms with van der Waals surface area (Å²) in [7, 11) is 0. The first-order valence-corrected chi connectivity index (χ1v) is 7.95. The van der Waals surface area contributed by atoms with E-state index in [1.807, 2.05) is 6.07 Å². The molecule has 3 atom stereocenters. The number of aliphatic hydroxyl groups excluding tert-OH is 1. The van der Waals surface area contributed by atoms with Crippen LogP contribution < -0.4 is 0 Å². The van der Waals surface area contributed by atoms with Crippen molar-refractivity contribution in [2.75, 3.05) is 6.61 Å². The lowest BCUT2D eigenvalue weighted by molar-refractivity contribution is -0.151. The van der Waals surface area contributed by atoms with Gasteiger partial charge in [0.15, 0.2) is 0 Å². The molecular weight excluding hydrogens is 264 g/mol. The molecule has 0 aliphatic carbocycles. The van der Waals surface area contributed by atoms with E-state index >= 15 is 0 Å². The zero-order valence-corrected chi connectivity index (χ0v) is 13.4. The Hall–Kier alpha value is -1.35.